The third-order valence-electron chi connectivity index (χ3n) is 1.11. The van der Waals surface area contributed by atoms with Gasteiger partial charge in [-0.2, -0.15) is 8.42 Å². The second kappa shape index (κ2) is 2.98. The molecule has 0 aliphatic rings. The molecule has 1 aromatic rings. The third-order valence-corrected chi connectivity index (χ3v) is 1.49. The van der Waals surface area contributed by atoms with E-state index in [0.717, 1.165) is 0 Å². The van der Waals surface area contributed by atoms with Crippen LogP contribution in [0.5, 0.6) is 5.75 Å². The minimum Gasteiger partial charge on any atom is -0.396 e. The smallest absolute Gasteiger partial charge is 0.396 e. The van der Waals surface area contributed by atoms with Gasteiger partial charge in [0.1, 0.15) is 0 Å². The number of halogens is 1. The first-order valence-electron chi connectivity index (χ1n) is 2.97. The average molecular weight is 191 g/mol. The summed E-state index contributed by atoms with van der Waals surface area (Å²) in [6.45, 7) is 0. The summed E-state index contributed by atoms with van der Waals surface area (Å²) in [5, 5.41) is 0. The fourth-order valence-electron chi connectivity index (χ4n) is 0.664. The average Bonchev–Trinajstić information content (AvgIpc) is 1.91. The van der Waals surface area contributed by atoms with Crippen LogP contribution in [0, 0.1) is 0 Å². The van der Waals surface area contributed by atoms with Crippen LogP contribution in [0.15, 0.2) is 24.3 Å². The van der Waals surface area contributed by atoms with Crippen molar-refractivity contribution in [2.75, 3.05) is 5.73 Å². The van der Waals surface area contributed by atoms with Crippen LogP contribution in [0.4, 0.5) is 9.57 Å². The van der Waals surface area contributed by atoms with Crippen molar-refractivity contribution in [1.29, 1.82) is 0 Å². The van der Waals surface area contributed by atoms with Crippen LogP contribution in [0.1, 0.15) is 0 Å². The Balaban J connectivity index is 2.98. The zero-order chi connectivity index (χ0) is 9.19. The molecule has 1 aromatic carbocycles. The molecule has 4 nitrogen and oxygen atoms in total. The van der Waals surface area contributed by atoms with E-state index in [1.165, 1.54) is 18.2 Å². The Morgan fingerprint density at radius 1 is 1.33 bits per heavy atom. The molecule has 0 aromatic heterocycles. The number of hydrogen-bond donors (Lipinski definition) is 1. The summed E-state index contributed by atoms with van der Waals surface area (Å²) >= 11 is 0. The van der Waals surface area contributed by atoms with Gasteiger partial charge in [-0.1, -0.05) is 16.0 Å². The largest absolute Gasteiger partial charge is 0.488 e. The molecule has 0 atom stereocenters. The van der Waals surface area contributed by atoms with Crippen LogP contribution in [0.25, 0.3) is 0 Å². The Morgan fingerprint density at radius 3 is 2.42 bits per heavy atom. The van der Waals surface area contributed by atoms with Gasteiger partial charge in [-0.15, -0.1) is 0 Å². The first-order chi connectivity index (χ1) is 5.49. The van der Waals surface area contributed by atoms with Crippen molar-refractivity contribution < 1.29 is 16.5 Å². The number of para-hydroxylation sites is 2. The van der Waals surface area contributed by atoms with E-state index in [4.69, 9.17) is 5.73 Å². The predicted octanol–water partition coefficient (Wildman–Crippen LogP) is 0.862. The van der Waals surface area contributed by atoms with Crippen molar-refractivity contribution in [3.63, 3.8) is 0 Å². The lowest BCUT2D eigenvalue weighted by Crippen LogP contribution is -2.03. The molecule has 0 bridgehead atoms. The summed E-state index contributed by atoms with van der Waals surface area (Å²) in [4.78, 5) is 0. The van der Waals surface area contributed by atoms with Crippen LogP contribution in [-0.4, -0.2) is 8.42 Å². The highest BCUT2D eigenvalue weighted by molar-refractivity contribution is 7.81. The maximum Gasteiger partial charge on any atom is 0.488 e. The maximum absolute atomic E-state index is 11.9. The van der Waals surface area contributed by atoms with E-state index in [0.29, 0.717) is 0 Å². The summed E-state index contributed by atoms with van der Waals surface area (Å²) in [5.41, 5.74) is 5.34. The standard InChI is InChI=1S/C6H6FNO3S/c7-12(9,10)11-6-4-2-1-3-5(6)8/h1-4H,8H2. The van der Waals surface area contributed by atoms with Crippen LogP contribution < -0.4 is 9.92 Å². The molecule has 0 aliphatic carbocycles. The van der Waals surface area contributed by atoms with Gasteiger partial charge in [0, 0.05) is 0 Å². The molecule has 0 fully saturated rings. The summed E-state index contributed by atoms with van der Waals surface area (Å²) in [6, 6.07) is 5.72. The minimum absolute atomic E-state index is 0.0683. The molecule has 0 spiro atoms. The second-order valence-electron chi connectivity index (χ2n) is 2.01. The zero-order valence-corrected chi connectivity index (χ0v) is 6.71. The lowest BCUT2D eigenvalue weighted by atomic mass is 10.3. The van der Waals surface area contributed by atoms with Gasteiger partial charge in [-0.25, -0.2) is 0 Å². The lowest BCUT2D eigenvalue weighted by molar-refractivity contribution is 0.441. The second-order valence-corrected chi connectivity index (χ2v) is 2.97. The van der Waals surface area contributed by atoms with Crippen molar-refractivity contribution >= 4 is 16.2 Å². The third kappa shape index (κ3) is 2.39. The maximum atomic E-state index is 11.9. The minimum atomic E-state index is -4.98. The van der Waals surface area contributed by atoms with Crippen molar-refractivity contribution in [2.24, 2.45) is 0 Å². The van der Waals surface area contributed by atoms with Gasteiger partial charge in [0.15, 0.2) is 5.75 Å². The van der Waals surface area contributed by atoms with Crippen molar-refractivity contribution in [1.82, 2.24) is 0 Å². The van der Waals surface area contributed by atoms with Crippen molar-refractivity contribution in [2.45, 2.75) is 0 Å². The van der Waals surface area contributed by atoms with E-state index >= 15 is 0 Å². The van der Waals surface area contributed by atoms with Gasteiger partial charge in [-0.3, -0.25) is 0 Å². The zero-order valence-electron chi connectivity index (χ0n) is 5.90. The van der Waals surface area contributed by atoms with Gasteiger partial charge in [-0.05, 0) is 12.1 Å². The number of anilines is 1. The highest BCUT2D eigenvalue weighted by Gasteiger charge is 2.10. The molecule has 0 saturated carbocycles. The molecule has 12 heavy (non-hydrogen) atoms. The normalized spacial score (nSPS) is 11.1. The van der Waals surface area contributed by atoms with E-state index in [1.807, 2.05) is 0 Å². The highest BCUT2D eigenvalue weighted by Crippen LogP contribution is 2.21. The van der Waals surface area contributed by atoms with Gasteiger partial charge in [0.25, 0.3) is 0 Å². The summed E-state index contributed by atoms with van der Waals surface area (Å²) in [6.07, 6.45) is 0. The Bertz CT molecular complexity index is 376. The first-order valence-corrected chi connectivity index (χ1v) is 4.28. The Hall–Kier alpha value is -1.30. The topological polar surface area (TPSA) is 69.4 Å². The SMILES string of the molecule is Nc1ccccc1OS(=O)(=O)F. The van der Waals surface area contributed by atoms with Crippen LogP contribution >= 0.6 is 0 Å². The summed E-state index contributed by atoms with van der Waals surface area (Å²) in [5.74, 6) is -0.208. The molecule has 66 valence electrons. The van der Waals surface area contributed by atoms with E-state index in [-0.39, 0.29) is 11.4 Å². The van der Waals surface area contributed by atoms with Gasteiger partial charge < -0.3 is 9.92 Å². The number of benzene rings is 1. The molecule has 0 radical (unpaired) electrons. The van der Waals surface area contributed by atoms with E-state index in [2.05, 4.69) is 4.18 Å². The van der Waals surface area contributed by atoms with Gasteiger partial charge >= 0.3 is 10.5 Å². The fraction of sp³-hybridized carbons (Fsp3) is 0. The molecule has 2 N–H and O–H groups in total. The van der Waals surface area contributed by atoms with E-state index in [1.54, 1.807) is 6.07 Å². The highest BCUT2D eigenvalue weighted by atomic mass is 32.3. The Kier molecular flexibility index (Phi) is 2.18. The molecule has 0 heterocycles. The molecule has 6 heteroatoms. The Labute approximate surface area is 69.2 Å². The lowest BCUT2D eigenvalue weighted by Gasteiger charge is -2.01. The predicted molar refractivity (Wildman–Crippen MR) is 41.5 cm³/mol. The number of rotatable bonds is 2. The monoisotopic (exact) mass is 191 g/mol. The van der Waals surface area contributed by atoms with Crippen LogP contribution in [0.2, 0.25) is 0 Å². The van der Waals surface area contributed by atoms with Gasteiger partial charge in [0.05, 0.1) is 5.69 Å². The fourth-order valence-corrected chi connectivity index (χ4v) is 1.03. The van der Waals surface area contributed by atoms with E-state index < -0.39 is 10.5 Å². The molecule has 0 unspecified atom stereocenters. The van der Waals surface area contributed by atoms with Crippen LogP contribution in [-0.2, 0) is 10.5 Å². The molecule has 0 amide bonds. The van der Waals surface area contributed by atoms with Gasteiger partial charge in [0.2, 0.25) is 0 Å². The molecule has 0 aliphatic heterocycles. The quantitative estimate of drug-likeness (QED) is 0.556. The Morgan fingerprint density at radius 2 is 1.92 bits per heavy atom. The van der Waals surface area contributed by atoms with Crippen molar-refractivity contribution in [3.8, 4) is 5.75 Å². The first kappa shape index (κ1) is 8.79. The van der Waals surface area contributed by atoms with Crippen molar-refractivity contribution in [3.05, 3.63) is 24.3 Å². The van der Waals surface area contributed by atoms with E-state index in [9.17, 15) is 12.3 Å². The number of hydrogen-bond acceptors (Lipinski definition) is 4. The number of nitrogens with two attached hydrogens (primary N) is 1. The number of nitrogen functional groups attached to an aromatic ring is 1. The summed E-state index contributed by atoms with van der Waals surface area (Å²) < 4.78 is 35.9. The van der Waals surface area contributed by atoms with Crippen LogP contribution in [0.3, 0.4) is 0 Å². The molecule has 0 saturated heterocycles. The molecular formula is C6H6FNO3S. The molecule has 1 rings (SSSR count). The molecular weight excluding hydrogens is 185 g/mol. The summed E-state index contributed by atoms with van der Waals surface area (Å²) in [7, 11) is -4.98.